The van der Waals surface area contributed by atoms with Gasteiger partial charge in [-0.3, -0.25) is 4.79 Å². The van der Waals surface area contributed by atoms with Gasteiger partial charge in [0.25, 0.3) is 5.91 Å². The summed E-state index contributed by atoms with van der Waals surface area (Å²) in [5, 5.41) is 4.84. The zero-order chi connectivity index (χ0) is 23.0. The number of benzene rings is 4. The number of rotatable bonds is 3. The second-order valence-electron chi connectivity index (χ2n) is 7.64. The molecule has 0 spiro atoms. The fraction of sp³-hybridized carbons (Fsp3) is 0.115. The standard InChI is InChI=1S/C26H19ClF3NO/c1-15-10-11-23(26(28,29)30)16(2)24(15)31-25(32)22-14-19(17-7-5-8-20(27)13-17)12-18-6-3-4-9-21(18)22/h3-14H,1-2H3,(H,31,32). The van der Waals surface area contributed by atoms with E-state index in [1.807, 2.05) is 42.5 Å². The van der Waals surface area contributed by atoms with Crippen molar-refractivity contribution >= 4 is 34.0 Å². The van der Waals surface area contributed by atoms with E-state index < -0.39 is 17.6 Å². The van der Waals surface area contributed by atoms with E-state index in [0.29, 0.717) is 21.5 Å². The van der Waals surface area contributed by atoms with E-state index >= 15 is 0 Å². The zero-order valence-corrected chi connectivity index (χ0v) is 18.1. The van der Waals surface area contributed by atoms with Crippen LogP contribution in [-0.2, 0) is 6.18 Å². The molecule has 0 bridgehead atoms. The Kier molecular flexibility index (Phi) is 5.70. The van der Waals surface area contributed by atoms with Crippen LogP contribution in [0.15, 0.2) is 72.8 Å². The van der Waals surface area contributed by atoms with Gasteiger partial charge in [0.1, 0.15) is 0 Å². The molecular formula is C26H19ClF3NO. The second kappa shape index (κ2) is 8.32. The van der Waals surface area contributed by atoms with Gasteiger partial charge in [0.2, 0.25) is 0 Å². The van der Waals surface area contributed by atoms with Crippen LogP contribution in [0.25, 0.3) is 21.9 Å². The van der Waals surface area contributed by atoms with Crippen molar-refractivity contribution in [3.8, 4) is 11.1 Å². The van der Waals surface area contributed by atoms with Crippen LogP contribution in [-0.4, -0.2) is 5.91 Å². The summed E-state index contributed by atoms with van der Waals surface area (Å²) < 4.78 is 40.1. The molecule has 162 valence electrons. The number of hydrogen-bond donors (Lipinski definition) is 1. The Morgan fingerprint density at radius 3 is 2.34 bits per heavy atom. The van der Waals surface area contributed by atoms with Gasteiger partial charge < -0.3 is 5.32 Å². The molecule has 4 aromatic rings. The average Bonchev–Trinajstić information content (AvgIpc) is 2.74. The molecule has 0 radical (unpaired) electrons. The van der Waals surface area contributed by atoms with E-state index in [0.717, 1.165) is 22.6 Å². The summed E-state index contributed by atoms with van der Waals surface area (Å²) in [6.07, 6.45) is -4.50. The monoisotopic (exact) mass is 453 g/mol. The molecule has 0 atom stereocenters. The van der Waals surface area contributed by atoms with Crippen molar-refractivity contribution in [1.82, 2.24) is 0 Å². The Morgan fingerprint density at radius 1 is 0.875 bits per heavy atom. The lowest BCUT2D eigenvalue weighted by atomic mass is 9.96. The first-order valence-electron chi connectivity index (χ1n) is 9.92. The molecule has 4 rings (SSSR count). The molecule has 0 aliphatic rings. The second-order valence-corrected chi connectivity index (χ2v) is 8.07. The molecule has 0 saturated heterocycles. The van der Waals surface area contributed by atoms with Crippen LogP contribution in [0, 0.1) is 13.8 Å². The van der Waals surface area contributed by atoms with Gasteiger partial charge in [-0.05, 0) is 77.2 Å². The third kappa shape index (κ3) is 4.21. The average molecular weight is 454 g/mol. The van der Waals surface area contributed by atoms with E-state index in [1.165, 1.54) is 13.0 Å². The van der Waals surface area contributed by atoms with E-state index in [2.05, 4.69) is 5.32 Å². The number of carbonyl (C=O) groups excluding carboxylic acids is 1. The van der Waals surface area contributed by atoms with Crippen LogP contribution in [0.4, 0.5) is 18.9 Å². The Labute approximate surface area is 188 Å². The molecule has 32 heavy (non-hydrogen) atoms. The Hall–Kier alpha value is -3.31. The third-order valence-corrected chi connectivity index (χ3v) is 5.72. The summed E-state index contributed by atoms with van der Waals surface area (Å²) >= 11 is 6.14. The molecule has 6 heteroatoms. The lowest BCUT2D eigenvalue weighted by molar-refractivity contribution is -0.138. The molecule has 0 saturated carbocycles. The number of amides is 1. The molecule has 1 N–H and O–H groups in total. The number of halogens is 4. The predicted molar refractivity (Wildman–Crippen MR) is 123 cm³/mol. The summed E-state index contributed by atoms with van der Waals surface area (Å²) in [5.41, 5.74) is 1.94. The first-order valence-corrected chi connectivity index (χ1v) is 10.3. The minimum atomic E-state index is -4.50. The van der Waals surface area contributed by atoms with Gasteiger partial charge >= 0.3 is 6.18 Å². The van der Waals surface area contributed by atoms with Gasteiger partial charge in [-0.25, -0.2) is 0 Å². The number of aryl methyl sites for hydroxylation is 1. The highest BCUT2D eigenvalue weighted by molar-refractivity contribution is 6.30. The number of anilines is 1. The summed E-state index contributed by atoms with van der Waals surface area (Å²) in [6, 6.07) is 20.8. The van der Waals surface area contributed by atoms with Gasteiger partial charge in [-0.15, -0.1) is 0 Å². The van der Waals surface area contributed by atoms with Crippen molar-refractivity contribution in [1.29, 1.82) is 0 Å². The fourth-order valence-electron chi connectivity index (χ4n) is 3.86. The topological polar surface area (TPSA) is 29.1 Å². The van der Waals surface area contributed by atoms with E-state index in [9.17, 15) is 18.0 Å². The van der Waals surface area contributed by atoms with Crippen LogP contribution >= 0.6 is 11.6 Å². The van der Waals surface area contributed by atoms with Crippen molar-refractivity contribution in [2.45, 2.75) is 20.0 Å². The molecule has 0 aromatic heterocycles. The van der Waals surface area contributed by atoms with Crippen LogP contribution in [0.3, 0.4) is 0 Å². The molecule has 0 fully saturated rings. The Morgan fingerprint density at radius 2 is 1.62 bits per heavy atom. The number of alkyl halides is 3. The van der Waals surface area contributed by atoms with Gasteiger partial charge in [-0.2, -0.15) is 13.2 Å². The largest absolute Gasteiger partial charge is 0.416 e. The van der Waals surface area contributed by atoms with E-state index in [4.69, 9.17) is 11.6 Å². The van der Waals surface area contributed by atoms with Crippen molar-refractivity contribution in [3.05, 3.63) is 100 Å². The van der Waals surface area contributed by atoms with E-state index in [1.54, 1.807) is 25.1 Å². The Bertz CT molecular complexity index is 1340. The van der Waals surface area contributed by atoms with E-state index in [-0.39, 0.29) is 11.3 Å². The van der Waals surface area contributed by atoms with Crippen molar-refractivity contribution < 1.29 is 18.0 Å². The molecular weight excluding hydrogens is 435 g/mol. The Balaban J connectivity index is 1.83. The number of carbonyl (C=O) groups is 1. The summed E-state index contributed by atoms with van der Waals surface area (Å²) in [7, 11) is 0. The summed E-state index contributed by atoms with van der Waals surface area (Å²) in [6.45, 7) is 3.04. The van der Waals surface area contributed by atoms with Crippen molar-refractivity contribution in [2.75, 3.05) is 5.32 Å². The maximum absolute atomic E-state index is 13.4. The summed E-state index contributed by atoms with van der Waals surface area (Å²) in [5.74, 6) is -0.476. The predicted octanol–water partition coefficient (Wildman–Crippen LogP) is 8.05. The first kappa shape index (κ1) is 21.9. The summed E-state index contributed by atoms with van der Waals surface area (Å²) in [4.78, 5) is 13.3. The lowest BCUT2D eigenvalue weighted by Gasteiger charge is -2.18. The highest BCUT2D eigenvalue weighted by atomic mass is 35.5. The maximum atomic E-state index is 13.4. The van der Waals surface area contributed by atoms with Crippen LogP contribution in [0.2, 0.25) is 5.02 Å². The minimum Gasteiger partial charge on any atom is -0.321 e. The molecule has 2 nitrogen and oxygen atoms in total. The molecule has 0 aliphatic carbocycles. The highest BCUT2D eigenvalue weighted by Gasteiger charge is 2.33. The van der Waals surface area contributed by atoms with Crippen molar-refractivity contribution in [2.24, 2.45) is 0 Å². The number of nitrogens with one attached hydrogen (secondary N) is 1. The van der Waals surface area contributed by atoms with Crippen molar-refractivity contribution in [3.63, 3.8) is 0 Å². The third-order valence-electron chi connectivity index (χ3n) is 5.48. The zero-order valence-electron chi connectivity index (χ0n) is 17.3. The van der Waals surface area contributed by atoms with Gasteiger partial charge in [0.15, 0.2) is 0 Å². The van der Waals surface area contributed by atoms with Crippen LogP contribution in [0.1, 0.15) is 27.0 Å². The normalized spacial score (nSPS) is 11.6. The lowest BCUT2D eigenvalue weighted by Crippen LogP contribution is -2.17. The highest BCUT2D eigenvalue weighted by Crippen LogP contribution is 2.37. The smallest absolute Gasteiger partial charge is 0.321 e. The fourth-order valence-corrected chi connectivity index (χ4v) is 4.05. The first-order chi connectivity index (χ1) is 15.1. The molecule has 0 heterocycles. The number of hydrogen-bond acceptors (Lipinski definition) is 1. The van der Waals surface area contributed by atoms with Gasteiger partial charge in [0.05, 0.1) is 5.56 Å². The van der Waals surface area contributed by atoms with Crippen LogP contribution in [0.5, 0.6) is 0 Å². The SMILES string of the molecule is Cc1ccc(C(F)(F)F)c(C)c1NC(=O)c1cc(-c2cccc(Cl)c2)cc2ccccc12. The number of fused-ring (bicyclic) bond motifs is 1. The quantitative estimate of drug-likeness (QED) is 0.334. The molecule has 0 aliphatic heterocycles. The maximum Gasteiger partial charge on any atom is 0.416 e. The minimum absolute atomic E-state index is 0.0128. The molecule has 1 amide bonds. The molecule has 0 unspecified atom stereocenters. The molecule has 4 aromatic carbocycles. The van der Waals surface area contributed by atoms with Crippen LogP contribution < -0.4 is 5.32 Å². The van der Waals surface area contributed by atoms with Gasteiger partial charge in [-0.1, -0.05) is 54.1 Å². The van der Waals surface area contributed by atoms with Gasteiger partial charge in [0, 0.05) is 16.3 Å².